The fraction of sp³-hybridized carbons (Fsp3) is 0.118. The molecule has 0 saturated carbocycles. The molecule has 0 atom stereocenters. The number of nitrogens with one attached hydrogen (secondary N) is 1. The Morgan fingerprint density at radius 1 is 1.29 bits per heavy atom. The lowest BCUT2D eigenvalue weighted by molar-refractivity contribution is -0.111. The molecule has 1 aliphatic rings. The largest absolute Gasteiger partial charge is 0.511 e. The number of allylic oxidation sites excluding steroid dienone is 1. The van der Waals surface area contributed by atoms with Gasteiger partial charge in [0.15, 0.2) is 0 Å². The topological polar surface area (TPSA) is 80.0 Å². The maximum Gasteiger partial charge on any atom is 0.262 e. The number of amides is 1. The fourth-order valence-electron chi connectivity index (χ4n) is 2.85. The lowest BCUT2D eigenvalue weighted by Gasteiger charge is -2.18. The van der Waals surface area contributed by atoms with Gasteiger partial charge in [-0.1, -0.05) is 23.7 Å². The molecule has 4 rings (SSSR count). The van der Waals surface area contributed by atoms with Crippen LogP contribution >= 0.6 is 11.6 Å². The number of carbonyl (C=O) groups is 1. The molecule has 1 amide bonds. The highest BCUT2D eigenvalue weighted by Gasteiger charge is 2.28. The summed E-state index contributed by atoms with van der Waals surface area (Å²) in [6.45, 7) is 0.560. The normalized spacial score (nSPS) is 13.9. The molecule has 1 aromatic carbocycles. The molecule has 0 unspecified atom stereocenters. The maximum atomic E-state index is 12.7. The molecule has 24 heavy (non-hydrogen) atoms. The number of para-hydroxylation sites is 1. The zero-order chi connectivity index (χ0) is 16.7. The van der Waals surface area contributed by atoms with Crippen molar-refractivity contribution in [3.8, 4) is 0 Å². The van der Waals surface area contributed by atoms with Crippen molar-refractivity contribution in [3.05, 3.63) is 59.3 Å². The van der Waals surface area contributed by atoms with E-state index in [1.165, 1.54) is 0 Å². The number of hydrogen-bond acceptors (Lipinski definition) is 4. The monoisotopic (exact) mass is 340 g/mol. The third-order valence-electron chi connectivity index (χ3n) is 3.98. The number of benzene rings is 1. The number of aryl methyl sites for hydroxylation is 1. The molecule has 0 saturated heterocycles. The number of hydrogen-bond donors (Lipinski definition) is 2. The predicted octanol–water partition coefficient (Wildman–Crippen LogP) is 3.40. The molecule has 3 aromatic rings. The van der Waals surface area contributed by atoms with Crippen LogP contribution in [0.1, 0.15) is 12.2 Å². The molecule has 3 heterocycles. The van der Waals surface area contributed by atoms with E-state index < -0.39 is 5.91 Å². The number of aliphatic hydroxyl groups is 1. The first kappa shape index (κ1) is 14.7. The van der Waals surface area contributed by atoms with Crippen molar-refractivity contribution < 1.29 is 9.90 Å². The lowest BCUT2D eigenvalue weighted by atomic mass is 10.1. The van der Waals surface area contributed by atoms with E-state index in [1.807, 2.05) is 10.6 Å². The summed E-state index contributed by atoms with van der Waals surface area (Å²) in [7, 11) is 0. The second kappa shape index (κ2) is 5.65. The van der Waals surface area contributed by atoms with Crippen molar-refractivity contribution >= 4 is 39.8 Å². The Balaban J connectivity index is 1.78. The van der Waals surface area contributed by atoms with Gasteiger partial charge in [-0.05, 0) is 18.2 Å². The van der Waals surface area contributed by atoms with Crippen molar-refractivity contribution in [2.45, 2.75) is 13.0 Å². The number of aliphatic hydroxyl groups excluding tert-OH is 1. The third-order valence-corrected chi connectivity index (χ3v) is 4.31. The Morgan fingerprint density at radius 2 is 2.12 bits per heavy atom. The Hall–Kier alpha value is -2.86. The van der Waals surface area contributed by atoms with E-state index >= 15 is 0 Å². The second-order valence-corrected chi connectivity index (χ2v) is 5.86. The molecular formula is C17H13ClN4O2. The van der Waals surface area contributed by atoms with Crippen molar-refractivity contribution in [1.29, 1.82) is 0 Å². The Labute approximate surface area is 142 Å². The highest BCUT2D eigenvalue weighted by Crippen LogP contribution is 2.30. The van der Waals surface area contributed by atoms with Gasteiger partial charge in [0.05, 0.1) is 22.4 Å². The molecule has 2 aromatic heterocycles. The second-order valence-electron chi connectivity index (χ2n) is 5.46. The number of rotatable bonds is 2. The van der Waals surface area contributed by atoms with Crippen LogP contribution in [0.5, 0.6) is 0 Å². The molecule has 7 heteroatoms. The quantitative estimate of drug-likeness (QED) is 0.749. The van der Waals surface area contributed by atoms with Crippen LogP contribution in [0.25, 0.3) is 16.6 Å². The minimum absolute atomic E-state index is 0.0234. The van der Waals surface area contributed by atoms with Gasteiger partial charge in [0, 0.05) is 19.2 Å². The fourth-order valence-corrected chi connectivity index (χ4v) is 3.03. The number of aromatic nitrogens is 3. The molecular weight excluding hydrogens is 328 g/mol. The summed E-state index contributed by atoms with van der Waals surface area (Å²) in [5.74, 6) is 0.0198. The average Bonchev–Trinajstić information content (AvgIpc) is 2.95. The van der Waals surface area contributed by atoms with E-state index in [0.29, 0.717) is 35.0 Å². The van der Waals surface area contributed by atoms with E-state index in [-0.39, 0.29) is 11.3 Å². The Morgan fingerprint density at radius 3 is 2.96 bits per heavy atom. The Kier molecular flexibility index (Phi) is 3.46. The first-order valence-corrected chi connectivity index (χ1v) is 7.81. The summed E-state index contributed by atoms with van der Waals surface area (Å²) < 4.78 is 1.91. The van der Waals surface area contributed by atoms with Crippen LogP contribution in [-0.4, -0.2) is 25.5 Å². The first-order chi connectivity index (χ1) is 11.6. The summed E-state index contributed by atoms with van der Waals surface area (Å²) in [5.41, 5.74) is 2.22. The zero-order valence-electron chi connectivity index (χ0n) is 12.5. The van der Waals surface area contributed by atoms with Gasteiger partial charge in [0.25, 0.3) is 5.91 Å². The molecule has 0 aliphatic carbocycles. The van der Waals surface area contributed by atoms with Crippen molar-refractivity contribution in [2.24, 2.45) is 0 Å². The van der Waals surface area contributed by atoms with E-state index in [9.17, 15) is 9.90 Å². The maximum absolute atomic E-state index is 12.7. The van der Waals surface area contributed by atoms with Crippen LogP contribution in [0.3, 0.4) is 0 Å². The van der Waals surface area contributed by atoms with Gasteiger partial charge < -0.3 is 15.0 Å². The zero-order valence-corrected chi connectivity index (χ0v) is 13.3. The Bertz CT molecular complexity index is 993. The van der Waals surface area contributed by atoms with Crippen molar-refractivity contribution in [2.75, 3.05) is 5.32 Å². The summed E-state index contributed by atoms with van der Waals surface area (Å²) >= 11 is 6.09. The number of halogens is 1. The van der Waals surface area contributed by atoms with Gasteiger partial charge in [-0.3, -0.25) is 9.78 Å². The number of fused-ring (bicyclic) bond motifs is 3. The molecule has 6 nitrogen and oxygen atoms in total. The summed E-state index contributed by atoms with van der Waals surface area (Å²) in [6.07, 6.45) is 3.69. The predicted molar refractivity (Wildman–Crippen MR) is 91.8 cm³/mol. The highest BCUT2D eigenvalue weighted by atomic mass is 35.5. The number of carbonyl (C=O) groups excluding carboxylic acids is 1. The van der Waals surface area contributed by atoms with E-state index in [4.69, 9.17) is 11.6 Å². The number of nitrogens with zero attached hydrogens (tertiary/aromatic N) is 3. The number of anilines is 1. The van der Waals surface area contributed by atoms with Crippen LogP contribution in [0.2, 0.25) is 5.02 Å². The van der Waals surface area contributed by atoms with Gasteiger partial charge in [-0.15, -0.1) is 0 Å². The van der Waals surface area contributed by atoms with Gasteiger partial charge >= 0.3 is 0 Å². The third kappa shape index (κ3) is 2.32. The molecule has 2 N–H and O–H groups in total. The summed E-state index contributed by atoms with van der Waals surface area (Å²) in [4.78, 5) is 21.2. The minimum Gasteiger partial charge on any atom is -0.511 e. The van der Waals surface area contributed by atoms with E-state index in [2.05, 4.69) is 15.3 Å². The molecule has 120 valence electrons. The molecule has 0 bridgehead atoms. The highest BCUT2D eigenvalue weighted by molar-refractivity contribution is 6.35. The van der Waals surface area contributed by atoms with Crippen LogP contribution in [-0.2, 0) is 11.3 Å². The molecule has 0 radical (unpaired) electrons. The van der Waals surface area contributed by atoms with Crippen molar-refractivity contribution in [3.63, 3.8) is 0 Å². The van der Waals surface area contributed by atoms with Gasteiger partial charge in [0.1, 0.15) is 22.7 Å². The van der Waals surface area contributed by atoms with Crippen LogP contribution in [0, 0.1) is 0 Å². The molecule has 1 aliphatic heterocycles. The van der Waals surface area contributed by atoms with Crippen LogP contribution in [0.15, 0.2) is 48.5 Å². The van der Waals surface area contributed by atoms with Crippen LogP contribution in [0.4, 0.5) is 5.69 Å². The molecule has 0 spiro atoms. The number of imidazole rings is 1. The SMILES string of the molecule is O=C(Nc1ccccc1Cl)C1=C(O)CCn2c1nc1cnccc12. The minimum atomic E-state index is -0.440. The first-order valence-electron chi connectivity index (χ1n) is 7.44. The van der Waals surface area contributed by atoms with Gasteiger partial charge in [0.2, 0.25) is 0 Å². The summed E-state index contributed by atoms with van der Waals surface area (Å²) in [5, 5.41) is 13.4. The van der Waals surface area contributed by atoms with Crippen LogP contribution < -0.4 is 5.32 Å². The smallest absolute Gasteiger partial charge is 0.262 e. The van der Waals surface area contributed by atoms with Gasteiger partial charge in [-0.25, -0.2) is 4.98 Å². The summed E-state index contributed by atoms with van der Waals surface area (Å²) in [6, 6.07) is 8.79. The average molecular weight is 341 g/mol. The molecule has 0 fully saturated rings. The van der Waals surface area contributed by atoms with E-state index in [0.717, 1.165) is 5.52 Å². The van der Waals surface area contributed by atoms with E-state index in [1.54, 1.807) is 36.7 Å². The van der Waals surface area contributed by atoms with Gasteiger partial charge in [-0.2, -0.15) is 0 Å². The number of pyridine rings is 1. The van der Waals surface area contributed by atoms with Crippen molar-refractivity contribution in [1.82, 2.24) is 14.5 Å². The standard InChI is InChI=1S/C17H13ClN4O2/c18-10-3-1-2-4-11(10)21-17(24)15-14(23)6-8-22-13-5-7-19-9-12(13)20-16(15)22/h1-5,7,9,23H,6,8H2,(H,21,24). The lowest BCUT2D eigenvalue weighted by Crippen LogP contribution is -2.22.